The molecule has 1 N–H and O–H groups in total. The molecule has 1 amide bonds. The van der Waals surface area contributed by atoms with Gasteiger partial charge < -0.3 is 19.2 Å². The van der Waals surface area contributed by atoms with E-state index in [4.69, 9.17) is 9.72 Å². The van der Waals surface area contributed by atoms with Crippen LogP contribution in [-0.4, -0.2) is 47.1 Å². The number of benzene rings is 1. The van der Waals surface area contributed by atoms with Gasteiger partial charge in [0.1, 0.15) is 22.9 Å². The normalized spacial score (nSPS) is 16.0. The van der Waals surface area contributed by atoms with Crippen LogP contribution in [0.1, 0.15) is 80.0 Å². The molecule has 4 rings (SSSR count). The lowest BCUT2D eigenvalue weighted by Gasteiger charge is -2.46. The van der Waals surface area contributed by atoms with Gasteiger partial charge in [0, 0.05) is 36.3 Å². The maximum atomic E-state index is 14.6. The number of ether oxygens (including phenoxy) is 1. The summed E-state index contributed by atoms with van der Waals surface area (Å²) in [6, 6.07) is 5.04. The smallest absolute Gasteiger partial charge is 0.410 e. The second-order valence-corrected chi connectivity index (χ2v) is 19.2. The fourth-order valence-electron chi connectivity index (χ4n) is 7.24. The number of hydrogen-bond acceptors (Lipinski definition) is 4. The zero-order chi connectivity index (χ0) is 31.3. The summed E-state index contributed by atoms with van der Waals surface area (Å²) in [5.74, 6) is -2.92. The second kappa shape index (κ2) is 11.6. The second-order valence-electron chi connectivity index (χ2n) is 13.5. The number of nitrogens with zero attached hydrogens (tertiary/aromatic N) is 3. The molecule has 0 spiro atoms. The number of anilines is 2. The molecule has 0 fully saturated rings. The van der Waals surface area contributed by atoms with Crippen molar-refractivity contribution in [1.82, 2.24) is 14.1 Å². The van der Waals surface area contributed by atoms with E-state index in [-0.39, 0.29) is 17.8 Å². The number of nitrogens with one attached hydrogen (secondary N) is 1. The van der Waals surface area contributed by atoms with Gasteiger partial charge in [-0.25, -0.2) is 22.9 Å². The molecule has 6 nitrogen and oxygen atoms in total. The fourth-order valence-corrected chi connectivity index (χ4v) is 14.0. The summed E-state index contributed by atoms with van der Waals surface area (Å²) in [4.78, 5) is 19.7. The van der Waals surface area contributed by atoms with Crippen LogP contribution in [0, 0.1) is 17.5 Å². The number of carbonyl (C=O) groups excluding carboxylic acids is 1. The van der Waals surface area contributed by atoms with Crippen LogP contribution in [0.5, 0.6) is 0 Å². The van der Waals surface area contributed by atoms with E-state index in [9.17, 15) is 18.0 Å². The summed E-state index contributed by atoms with van der Waals surface area (Å²) in [5.41, 5.74) is 3.65. The highest BCUT2D eigenvalue weighted by Crippen LogP contribution is 2.47. The number of pyridine rings is 1. The Hall–Kier alpha value is -3.01. The van der Waals surface area contributed by atoms with Gasteiger partial charge in [0.25, 0.3) is 0 Å². The van der Waals surface area contributed by atoms with Crippen molar-refractivity contribution < 1.29 is 22.7 Å². The molecule has 2 aromatic heterocycles. The van der Waals surface area contributed by atoms with Gasteiger partial charge in [-0.1, -0.05) is 41.5 Å². The molecule has 10 heteroatoms. The van der Waals surface area contributed by atoms with Crippen molar-refractivity contribution >= 4 is 36.9 Å². The number of carbonyl (C=O) groups is 1. The van der Waals surface area contributed by atoms with Crippen LogP contribution in [0.2, 0.25) is 16.6 Å². The van der Waals surface area contributed by atoms with E-state index in [1.54, 1.807) is 18.0 Å². The Kier molecular flexibility index (Phi) is 8.80. The molecule has 0 saturated carbocycles. The average Bonchev–Trinajstić information content (AvgIpc) is 3.18. The molecule has 1 aliphatic carbocycles. The molecule has 1 aliphatic rings. The molecule has 0 aliphatic heterocycles. The summed E-state index contributed by atoms with van der Waals surface area (Å²) >= 11 is 0. The van der Waals surface area contributed by atoms with Crippen LogP contribution in [0.25, 0.3) is 11.0 Å². The first-order valence-corrected chi connectivity index (χ1v) is 17.1. The highest BCUT2D eigenvalue weighted by molar-refractivity contribution is 6.82. The van der Waals surface area contributed by atoms with Crippen LogP contribution >= 0.6 is 0 Å². The van der Waals surface area contributed by atoms with Gasteiger partial charge in [-0.2, -0.15) is 0 Å². The number of fused-ring (bicyclic) bond motifs is 3. The Morgan fingerprint density at radius 3 is 2.19 bits per heavy atom. The number of hydrogen-bond donors (Lipinski definition) is 1. The number of rotatable bonds is 7. The minimum Gasteiger partial charge on any atom is -0.444 e. The van der Waals surface area contributed by atoms with E-state index in [0.29, 0.717) is 34.9 Å². The lowest BCUT2D eigenvalue weighted by Crippen LogP contribution is -2.53. The first kappa shape index (κ1) is 31.9. The average molecular weight is 603 g/mol. The molecule has 230 valence electrons. The quantitative estimate of drug-likeness (QED) is 0.217. The monoisotopic (exact) mass is 602 g/mol. The highest BCUT2D eigenvalue weighted by Gasteiger charge is 2.48. The zero-order valence-corrected chi connectivity index (χ0v) is 27.5. The zero-order valence-electron chi connectivity index (χ0n) is 26.5. The summed E-state index contributed by atoms with van der Waals surface area (Å²) in [6.45, 7) is 19.4. The first-order chi connectivity index (χ1) is 19.5. The van der Waals surface area contributed by atoms with Gasteiger partial charge in [0.05, 0.1) is 5.69 Å². The molecule has 0 radical (unpaired) electrons. The van der Waals surface area contributed by atoms with Crippen LogP contribution in [0.4, 0.5) is 29.5 Å². The topological polar surface area (TPSA) is 59.4 Å². The van der Waals surface area contributed by atoms with Gasteiger partial charge in [0.15, 0.2) is 19.9 Å². The van der Waals surface area contributed by atoms with E-state index >= 15 is 0 Å². The van der Waals surface area contributed by atoms with Crippen molar-refractivity contribution in [2.45, 2.75) is 110 Å². The Bertz CT molecular complexity index is 1460. The van der Waals surface area contributed by atoms with Crippen molar-refractivity contribution in [2.75, 3.05) is 12.4 Å². The van der Waals surface area contributed by atoms with Crippen molar-refractivity contribution in [3.05, 3.63) is 53.0 Å². The lowest BCUT2D eigenvalue weighted by atomic mass is 9.91. The SMILES string of the molecule is CC(C)[Si](C(C)C)(C(C)C)n1c2c(c3ccc(Nc4cc(F)c(F)cc4F)nc31)CC(N(C)C(=O)OC(C)(C)C)CC2. The van der Waals surface area contributed by atoms with Crippen molar-refractivity contribution in [1.29, 1.82) is 0 Å². The third-order valence-corrected chi connectivity index (χ3v) is 15.7. The van der Waals surface area contributed by atoms with Crippen LogP contribution in [0.15, 0.2) is 24.3 Å². The third-order valence-electron chi connectivity index (χ3n) is 8.85. The van der Waals surface area contributed by atoms with Crippen molar-refractivity contribution in [3.8, 4) is 0 Å². The van der Waals surface area contributed by atoms with Crippen LogP contribution in [0.3, 0.4) is 0 Å². The standard InChI is InChI=1S/C32H45F3N4O2Si/c1-18(2)42(19(3)4,20(5)6)39-28-13-11-21(38(10)31(40)41-32(7,8)9)15-23(28)22-12-14-29(37-30(22)39)36-27-17-25(34)24(33)16-26(27)35/h12,14,16-21H,11,13,15H2,1-10H3,(H,36,37). The van der Waals surface area contributed by atoms with E-state index < -0.39 is 31.3 Å². The number of likely N-dealkylation sites (N-methyl/N-ethyl adjacent to an activating group) is 1. The molecule has 1 atom stereocenters. The lowest BCUT2D eigenvalue weighted by molar-refractivity contribution is 0.0210. The van der Waals surface area contributed by atoms with E-state index in [1.807, 2.05) is 26.8 Å². The number of aromatic nitrogens is 2. The minimum absolute atomic E-state index is 0.0336. The molecule has 42 heavy (non-hydrogen) atoms. The maximum absolute atomic E-state index is 14.6. The van der Waals surface area contributed by atoms with Gasteiger partial charge in [0.2, 0.25) is 0 Å². The Balaban J connectivity index is 1.89. The van der Waals surface area contributed by atoms with Gasteiger partial charge in [-0.15, -0.1) is 0 Å². The minimum atomic E-state index is -2.30. The summed E-state index contributed by atoms with van der Waals surface area (Å²) in [5, 5.41) is 3.88. The summed E-state index contributed by atoms with van der Waals surface area (Å²) < 4.78 is 50.3. The Morgan fingerprint density at radius 1 is 1.02 bits per heavy atom. The van der Waals surface area contributed by atoms with Crippen molar-refractivity contribution in [3.63, 3.8) is 0 Å². The van der Waals surface area contributed by atoms with E-state index in [0.717, 1.165) is 29.9 Å². The largest absolute Gasteiger partial charge is 0.444 e. The predicted molar refractivity (Wildman–Crippen MR) is 166 cm³/mol. The maximum Gasteiger partial charge on any atom is 0.410 e. The van der Waals surface area contributed by atoms with Crippen LogP contribution < -0.4 is 5.32 Å². The molecule has 1 unspecified atom stereocenters. The molecule has 2 heterocycles. The third kappa shape index (κ3) is 5.66. The molecule has 0 saturated heterocycles. The van der Waals surface area contributed by atoms with Crippen molar-refractivity contribution in [2.24, 2.45) is 0 Å². The van der Waals surface area contributed by atoms with E-state index in [2.05, 4.69) is 51.1 Å². The summed E-state index contributed by atoms with van der Waals surface area (Å²) in [7, 11) is -0.502. The predicted octanol–water partition coefficient (Wildman–Crippen LogP) is 8.95. The molecule has 0 bridgehead atoms. The molecular weight excluding hydrogens is 557 g/mol. The van der Waals surface area contributed by atoms with Gasteiger partial charge in [-0.05, 0) is 74.4 Å². The van der Waals surface area contributed by atoms with Crippen LogP contribution in [-0.2, 0) is 17.6 Å². The molecule has 3 aromatic rings. The fraction of sp³-hybridized carbons (Fsp3) is 0.562. The molecular formula is C32H45F3N4O2Si. The Morgan fingerprint density at radius 2 is 1.62 bits per heavy atom. The first-order valence-electron chi connectivity index (χ1n) is 14.9. The summed E-state index contributed by atoms with van der Waals surface area (Å²) in [6.07, 6.45) is 1.90. The van der Waals surface area contributed by atoms with Gasteiger partial charge in [-0.3, -0.25) is 0 Å². The number of amides is 1. The molecule has 1 aromatic carbocycles. The van der Waals surface area contributed by atoms with Gasteiger partial charge >= 0.3 is 6.09 Å². The van der Waals surface area contributed by atoms with E-state index in [1.165, 1.54) is 11.3 Å². The highest BCUT2D eigenvalue weighted by atomic mass is 28.3. The number of halogens is 3. The Labute approximate surface area is 248 Å².